The second kappa shape index (κ2) is 11.4. The number of pyridine rings is 1. The van der Waals surface area contributed by atoms with Gasteiger partial charge in [0, 0.05) is 31.9 Å². The van der Waals surface area contributed by atoms with Gasteiger partial charge in [0.2, 0.25) is 0 Å². The molecule has 2 N–H and O–H groups in total. The molecule has 4 nitrogen and oxygen atoms in total. The Morgan fingerprint density at radius 3 is 2.50 bits per heavy atom. The van der Waals surface area contributed by atoms with Crippen molar-refractivity contribution in [3.63, 3.8) is 0 Å². The largest absolute Gasteiger partial charge is 0.356 e. The van der Waals surface area contributed by atoms with E-state index >= 15 is 0 Å². The zero-order valence-electron chi connectivity index (χ0n) is 15.7. The topological polar surface area (TPSA) is 49.3 Å². The Kier molecular flexibility index (Phi) is 8.87. The van der Waals surface area contributed by atoms with Gasteiger partial charge in [-0.2, -0.15) is 0 Å². The van der Waals surface area contributed by atoms with E-state index in [1.807, 2.05) is 24.3 Å². The first-order chi connectivity index (χ1) is 13.2. The minimum atomic E-state index is -0.211. The molecule has 0 spiro atoms. The average molecular weight is 490 g/mol. The summed E-state index contributed by atoms with van der Waals surface area (Å²) in [4.78, 5) is 8.65. The van der Waals surface area contributed by atoms with Crippen LogP contribution in [0.25, 0.3) is 11.3 Å². The van der Waals surface area contributed by atoms with Crippen LogP contribution in [0.1, 0.15) is 11.1 Å². The highest BCUT2D eigenvalue weighted by molar-refractivity contribution is 14.0. The molecular formula is C22H24FIN4. The Morgan fingerprint density at radius 1 is 0.964 bits per heavy atom. The molecule has 0 radical (unpaired) electrons. The molecule has 0 aliphatic carbocycles. The third-order valence-electron chi connectivity index (χ3n) is 4.19. The highest BCUT2D eigenvalue weighted by Gasteiger charge is 2.02. The first-order valence-electron chi connectivity index (χ1n) is 8.94. The van der Waals surface area contributed by atoms with Gasteiger partial charge in [-0.15, -0.1) is 24.0 Å². The van der Waals surface area contributed by atoms with Crippen molar-refractivity contribution in [2.45, 2.75) is 13.0 Å². The van der Waals surface area contributed by atoms with Crippen molar-refractivity contribution in [2.24, 2.45) is 4.99 Å². The maximum absolute atomic E-state index is 12.9. The van der Waals surface area contributed by atoms with Gasteiger partial charge in [-0.3, -0.25) is 9.98 Å². The average Bonchev–Trinajstić information content (AvgIpc) is 2.73. The summed E-state index contributed by atoms with van der Waals surface area (Å²) in [5.41, 5.74) is 4.29. The monoisotopic (exact) mass is 490 g/mol. The standard InChI is InChI=1S/C22H23FN4.HI/c1-24-22(26-14-12-17-8-10-20(23)11-9-17)27-16-18-5-4-6-19(15-18)21-7-2-3-13-25-21;/h2-11,13,15H,12,14,16H2,1H3,(H2,24,26,27);1H. The molecule has 0 fully saturated rings. The van der Waals surface area contributed by atoms with Crippen LogP contribution in [0.2, 0.25) is 0 Å². The molecule has 0 saturated heterocycles. The van der Waals surface area contributed by atoms with Crippen molar-refractivity contribution < 1.29 is 4.39 Å². The lowest BCUT2D eigenvalue weighted by atomic mass is 10.1. The van der Waals surface area contributed by atoms with E-state index in [2.05, 4.69) is 38.8 Å². The summed E-state index contributed by atoms with van der Waals surface area (Å²) in [6.45, 7) is 1.39. The molecule has 0 amide bonds. The fourth-order valence-electron chi connectivity index (χ4n) is 2.76. The second-order valence-corrected chi connectivity index (χ2v) is 6.14. The number of hydrogen-bond acceptors (Lipinski definition) is 2. The van der Waals surface area contributed by atoms with E-state index < -0.39 is 0 Å². The van der Waals surface area contributed by atoms with Crippen LogP contribution in [0.15, 0.2) is 77.9 Å². The summed E-state index contributed by atoms with van der Waals surface area (Å²) in [5, 5.41) is 6.60. The molecule has 0 saturated carbocycles. The minimum absolute atomic E-state index is 0. The van der Waals surface area contributed by atoms with E-state index in [0.717, 1.165) is 41.3 Å². The van der Waals surface area contributed by atoms with Gasteiger partial charge in [0.05, 0.1) is 5.69 Å². The van der Waals surface area contributed by atoms with E-state index in [0.29, 0.717) is 6.54 Å². The lowest BCUT2D eigenvalue weighted by Crippen LogP contribution is -2.37. The lowest BCUT2D eigenvalue weighted by Gasteiger charge is -2.12. The molecular weight excluding hydrogens is 466 g/mol. The van der Waals surface area contributed by atoms with Gasteiger partial charge in [0.15, 0.2) is 5.96 Å². The van der Waals surface area contributed by atoms with Crippen LogP contribution < -0.4 is 10.6 Å². The highest BCUT2D eigenvalue weighted by atomic mass is 127. The number of aliphatic imine (C=N–C) groups is 1. The summed E-state index contributed by atoms with van der Waals surface area (Å²) < 4.78 is 12.9. The number of guanidine groups is 1. The van der Waals surface area contributed by atoms with Crippen LogP contribution in [0, 0.1) is 5.82 Å². The molecule has 1 heterocycles. The van der Waals surface area contributed by atoms with Crippen LogP contribution in [0.3, 0.4) is 0 Å². The van der Waals surface area contributed by atoms with Gasteiger partial charge in [-0.1, -0.05) is 36.4 Å². The Labute approximate surface area is 182 Å². The summed E-state index contributed by atoms with van der Waals surface area (Å²) in [6, 6.07) is 20.8. The Balaban J connectivity index is 0.00000280. The second-order valence-electron chi connectivity index (χ2n) is 6.14. The number of hydrogen-bond donors (Lipinski definition) is 2. The number of nitrogens with one attached hydrogen (secondary N) is 2. The molecule has 2 aromatic carbocycles. The SMILES string of the molecule is CN=C(NCCc1ccc(F)cc1)NCc1cccc(-c2ccccn2)c1.I. The highest BCUT2D eigenvalue weighted by Crippen LogP contribution is 2.17. The summed E-state index contributed by atoms with van der Waals surface area (Å²) in [7, 11) is 1.75. The zero-order valence-corrected chi connectivity index (χ0v) is 18.1. The quantitative estimate of drug-likeness (QED) is 0.306. The van der Waals surface area contributed by atoms with Crippen LogP contribution in [-0.4, -0.2) is 24.5 Å². The molecule has 146 valence electrons. The molecule has 3 aromatic rings. The first kappa shape index (κ1) is 21.8. The van der Waals surface area contributed by atoms with E-state index in [1.165, 1.54) is 12.1 Å². The normalized spacial score (nSPS) is 10.9. The fourth-order valence-corrected chi connectivity index (χ4v) is 2.76. The van der Waals surface area contributed by atoms with Gasteiger partial charge in [-0.05, 0) is 47.9 Å². The maximum Gasteiger partial charge on any atom is 0.191 e. The molecule has 6 heteroatoms. The minimum Gasteiger partial charge on any atom is -0.356 e. The third kappa shape index (κ3) is 6.60. The Morgan fingerprint density at radius 2 is 1.79 bits per heavy atom. The first-order valence-corrected chi connectivity index (χ1v) is 8.94. The van der Waals surface area contributed by atoms with Gasteiger partial charge >= 0.3 is 0 Å². The van der Waals surface area contributed by atoms with E-state index in [4.69, 9.17) is 0 Å². The zero-order chi connectivity index (χ0) is 18.9. The number of benzene rings is 2. The van der Waals surface area contributed by atoms with Crippen molar-refractivity contribution in [3.8, 4) is 11.3 Å². The number of aromatic nitrogens is 1. The molecule has 28 heavy (non-hydrogen) atoms. The van der Waals surface area contributed by atoms with Crippen molar-refractivity contribution in [1.29, 1.82) is 0 Å². The van der Waals surface area contributed by atoms with E-state index in [1.54, 1.807) is 25.4 Å². The molecule has 0 bridgehead atoms. The predicted molar refractivity (Wildman–Crippen MR) is 123 cm³/mol. The molecule has 0 aliphatic heterocycles. The van der Waals surface area contributed by atoms with Crippen LogP contribution >= 0.6 is 24.0 Å². The van der Waals surface area contributed by atoms with Gasteiger partial charge in [0.25, 0.3) is 0 Å². The number of halogens is 2. The van der Waals surface area contributed by atoms with Crippen LogP contribution in [0.4, 0.5) is 4.39 Å². The fraction of sp³-hybridized carbons (Fsp3) is 0.182. The summed E-state index contributed by atoms with van der Waals surface area (Å²) >= 11 is 0. The van der Waals surface area contributed by atoms with Crippen molar-refractivity contribution in [1.82, 2.24) is 15.6 Å². The van der Waals surface area contributed by atoms with E-state index in [9.17, 15) is 4.39 Å². The van der Waals surface area contributed by atoms with Gasteiger partial charge < -0.3 is 10.6 Å². The summed E-state index contributed by atoms with van der Waals surface area (Å²) in [6.07, 6.45) is 2.60. The molecule has 1 aromatic heterocycles. The predicted octanol–water partition coefficient (Wildman–Crippen LogP) is 4.41. The number of rotatable bonds is 6. The Hall–Kier alpha value is -2.48. The van der Waals surface area contributed by atoms with Crippen LogP contribution in [-0.2, 0) is 13.0 Å². The molecule has 0 unspecified atom stereocenters. The smallest absolute Gasteiger partial charge is 0.191 e. The Bertz CT molecular complexity index is 883. The van der Waals surface area contributed by atoms with Gasteiger partial charge in [0.1, 0.15) is 5.82 Å². The third-order valence-corrected chi connectivity index (χ3v) is 4.19. The van der Waals surface area contributed by atoms with Crippen LogP contribution in [0.5, 0.6) is 0 Å². The number of nitrogens with zero attached hydrogens (tertiary/aromatic N) is 2. The molecule has 0 aliphatic rings. The van der Waals surface area contributed by atoms with Crippen molar-refractivity contribution in [2.75, 3.05) is 13.6 Å². The van der Waals surface area contributed by atoms with Gasteiger partial charge in [-0.25, -0.2) is 4.39 Å². The van der Waals surface area contributed by atoms with Crippen molar-refractivity contribution in [3.05, 3.63) is 89.9 Å². The maximum atomic E-state index is 12.9. The van der Waals surface area contributed by atoms with E-state index in [-0.39, 0.29) is 29.8 Å². The molecule has 0 atom stereocenters. The molecule has 3 rings (SSSR count). The van der Waals surface area contributed by atoms with Crippen molar-refractivity contribution >= 4 is 29.9 Å². The summed E-state index contributed by atoms with van der Waals surface area (Å²) in [5.74, 6) is 0.525. The lowest BCUT2D eigenvalue weighted by molar-refractivity contribution is 0.626.